The molecule has 164 valence electrons. The third-order valence-electron chi connectivity index (χ3n) is 4.63. The fraction of sp³-hybridized carbons (Fsp3) is 0.182. The van der Waals surface area contributed by atoms with E-state index < -0.39 is 23.0 Å². The third kappa shape index (κ3) is 5.83. The number of halogens is 2. The number of carbonyl (C=O) groups is 1. The van der Waals surface area contributed by atoms with E-state index in [4.69, 9.17) is 4.74 Å². The van der Waals surface area contributed by atoms with E-state index in [9.17, 15) is 18.7 Å². The quantitative estimate of drug-likeness (QED) is 0.395. The molecule has 0 saturated carbocycles. The summed E-state index contributed by atoms with van der Waals surface area (Å²) in [5.41, 5.74) is 1.26. The van der Waals surface area contributed by atoms with Crippen LogP contribution in [0.4, 0.5) is 19.6 Å². The molecular formula is C22H17F2N4NaO3S. The Labute approximate surface area is 214 Å². The molecule has 0 fully saturated rings. The zero-order valence-electron chi connectivity index (χ0n) is 18.1. The summed E-state index contributed by atoms with van der Waals surface area (Å²) in [6, 6.07) is 9.43. The molecule has 4 aromatic rings. The van der Waals surface area contributed by atoms with E-state index in [1.165, 1.54) is 19.9 Å². The first-order valence-electron chi connectivity index (χ1n) is 9.51. The number of nitrogens with one attached hydrogen (secondary N) is 1. The number of thiazole rings is 1. The van der Waals surface area contributed by atoms with E-state index >= 15 is 0 Å². The summed E-state index contributed by atoms with van der Waals surface area (Å²) in [7, 11) is 0. The molecule has 0 aliphatic carbocycles. The molecule has 0 saturated heterocycles. The van der Waals surface area contributed by atoms with Crippen LogP contribution >= 0.6 is 11.3 Å². The summed E-state index contributed by atoms with van der Waals surface area (Å²) in [4.78, 5) is 23.4. The predicted octanol–water partition coefficient (Wildman–Crippen LogP) is 0.934. The fourth-order valence-corrected chi connectivity index (χ4v) is 3.65. The molecule has 0 amide bonds. The summed E-state index contributed by atoms with van der Waals surface area (Å²) in [5, 5.41) is 14.6. The van der Waals surface area contributed by atoms with Gasteiger partial charge < -0.3 is 20.0 Å². The van der Waals surface area contributed by atoms with Crippen molar-refractivity contribution in [1.82, 2.24) is 15.0 Å². The molecule has 0 aliphatic rings. The summed E-state index contributed by atoms with van der Waals surface area (Å²) in [6.07, 6.45) is 3.14. The smallest absolute Gasteiger partial charge is 0.549 e. The number of ether oxygens (including phenoxy) is 1. The van der Waals surface area contributed by atoms with Gasteiger partial charge in [0.05, 0.1) is 10.7 Å². The molecule has 2 heterocycles. The average molecular weight is 478 g/mol. The van der Waals surface area contributed by atoms with Crippen molar-refractivity contribution in [2.75, 3.05) is 11.9 Å². The van der Waals surface area contributed by atoms with Crippen molar-refractivity contribution < 1.29 is 53.0 Å². The Hall–Kier alpha value is -2.66. The molecule has 7 nitrogen and oxygen atoms in total. The molecule has 2 aromatic heterocycles. The summed E-state index contributed by atoms with van der Waals surface area (Å²) in [5.74, 6) is -2.56. The van der Waals surface area contributed by atoms with Crippen LogP contribution in [-0.4, -0.2) is 27.5 Å². The van der Waals surface area contributed by atoms with Crippen molar-refractivity contribution in [3.8, 4) is 17.1 Å². The van der Waals surface area contributed by atoms with Gasteiger partial charge in [-0.25, -0.2) is 23.7 Å². The molecule has 33 heavy (non-hydrogen) atoms. The van der Waals surface area contributed by atoms with Crippen molar-refractivity contribution in [3.05, 3.63) is 60.4 Å². The Bertz CT molecular complexity index is 1280. The van der Waals surface area contributed by atoms with E-state index in [1.54, 1.807) is 12.4 Å². The molecule has 1 N–H and O–H groups in total. The number of benzene rings is 2. The fourth-order valence-electron chi connectivity index (χ4n) is 2.72. The second-order valence-electron chi connectivity index (χ2n) is 7.67. The maximum atomic E-state index is 13.8. The Morgan fingerprint density at radius 1 is 1.12 bits per heavy atom. The molecule has 0 aliphatic heterocycles. The first kappa shape index (κ1) is 25.0. The SMILES string of the molecule is CC(C)(COc1ncc(-c2ccc(Nc3nc4c(F)cc(F)cc4s3)cc2)cn1)C(=O)[O-].[Na+]. The van der Waals surface area contributed by atoms with Crippen LogP contribution in [0.1, 0.15) is 13.8 Å². The number of carboxylic acid groups (broad SMARTS) is 1. The van der Waals surface area contributed by atoms with Gasteiger partial charge in [0.15, 0.2) is 10.9 Å². The van der Waals surface area contributed by atoms with Gasteiger partial charge in [-0.3, -0.25) is 0 Å². The van der Waals surface area contributed by atoms with Crippen molar-refractivity contribution in [3.63, 3.8) is 0 Å². The second-order valence-corrected chi connectivity index (χ2v) is 8.70. The summed E-state index contributed by atoms with van der Waals surface area (Å²) in [6.45, 7) is 2.88. The predicted molar refractivity (Wildman–Crippen MR) is 115 cm³/mol. The second kappa shape index (κ2) is 10.1. The normalized spacial score (nSPS) is 11.2. The Morgan fingerprint density at radius 3 is 2.42 bits per heavy atom. The van der Waals surface area contributed by atoms with E-state index in [0.29, 0.717) is 9.83 Å². The molecular weight excluding hydrogens is 461 g/mol. The minimum atomic E-state index is -1.22. The number of hydrogen-bond acceptors (Lipinski definition) is 8. The summed E-state index contributed by atoms with van der Waals surface area (Å²) >= 11 is 1.15. The maximum Gasteiger partial charge on any atom is 1.00 e. The molecule has 0 spiro atoms. The molecule has 2 aromatic carbocycles. The van der Waals surface area contributed by atoms with Crippen LogP contribution in [0.25, 0.3) is 21.3 Å². The van der Waals surface area contributed by atoms with Gasteiger partial charge in [0.2, 0.25) is 0 Å². The van der Waals surface area contributed by atoms with Crippen LogP contribution in [0.15, 0.2) is 48.8 Å². The van der Waals surface area contributed by atoms with Gasteiger partial charge in [-0.05, 0) is 23.8 Å². The van der Waals surface area contributed by atoms with Crippen molar-refractivity contribution in [2.45, 2.75) is 13.8 Å². The molecule has 0 radical (unpaired) electrons. The van der Waals surface area contributed by atoms with Crippen LogP contribution in [-0.2, 0) is 4.79 Å². The van der Waals surface area contributed by atoms with Crippen LogP contribution in [0.2, 0.25) is 0 Å². The number of aliphatic carboxylic acids is 1. The van der Waals surface area contributed by atoms with Crippen molar-refractivity contribution >= 4 is 38.3 Å². The first-order valence-corrected chi connectivity index (χ1v) is 10.3. The molecule has 11 heteroatoms. The minimum Gasteiger partial charge on any atom is -0.549 e. The van der Waals surface area contributed by atoms with Crippen LogP contribution in [0.3, 0.4) is 0 Å². The molecule has 0 bridgehead atoms. The number of carboxylic acids is 1. The zero-order valence-corrected chi connectivity index (χ0v) is 20.9. The van der Waals surface area contributed by atoms with E-state index in [1.807, 2.05) is 24.3 Å². The number of fused-ring (bicyclic) bond motifs is 1. The minimum absolute atomic E-state index is 0. The van der Waals surface area contributed by atoms with Crippen LogP contribution in [0.5, 0.6) is 6.01 Å². The topological polar surface area (TPSA) is 100 Å². The van der Waals surface area contributed by atoms with E-state index in [0.717, 1.165) is 34.2 Å². The molecule has 0 unspecified atom stereocenters. The van der Waals surface area contributed by atoms with Crippen molar-refractivity contribution in [1.29, 1.82) is 0 Å². The summed E-state index contributed by atoms with van der Waals surface area (Å²) < 4.78 is 33.0. The van der Waals surface area contributed by atoms with Gasteiger partial charge in [0.25, 0.3) is 0 Å². The Balaban J connectivity index is 0.00000306. The van der Waals surface area contributed by atoms with Crippen LogP contribution in [0, 0.1) is 17.0 Å². The number of anilines is 2. The standard InChI is InChI=1S/C22H18F2N4O3S.Na/c1-22(2,19(29)30)11-31-20-25-9-13(10-26-20)12-3-5-15(6-4-12)27-21-28-18-16(24)7-14(23)8-17(18)32-21;/h3-10H,11H2,1-2H3,(H,27,28)(H,29,30);/q;+1/p-1. The number of nitrogens with zero attached hydrogens (tertiary/aromatic N) is 3. The van der Waals surface area contributed by atoms with Crippen LogP contribution < -0.4 is 44.7 Å². The number of carbonyl (C=O) groups excluding carboxylic acids is 1. The van der Waals surface area contributed by atoms with E-state index in [2.05, 4.69) is 20.3 Å². The van der Waals surface area contributed by atoms with Gasteiger partial charge in [-0.15, -0.1) is 0 Å². The van der Waals surface area contributed by atoms with Gasteiger partial charge in [0.1, 0.15) is 17.9 Å². The van der Waals surface area contributed by atoms with Gasteiger partial charge >= 0.3 is 35.6 Å². The number of aromatic nitrogens is 3. The van der Waals surface area contributed by atoms with E-state index in [-0.39, 0.29) is 47.7 Å². The van der Waals surface area contributed by atoms with Crippen molar-refractivity contribution in [2.24, 2.45) is 5.41 Å². The third-order valence-corrected chi connectivity index (χ3v) is 5.54. The maximum absolute atomic E-state index is 13.8. The van der Waals surface area contributed by atoms with Gasteiger partial charge in [-0.1, -0.05) is 37.3 Å². The first-order chi connectivity index (χ1) is 15.2. The zero-order chi connectivity index (χ0) is 22.9. The Morgan fingerprint density at radius 2 is 1.79 bits per heavy atom. The average Bonchev–Trinajstić information content (AvgIpc) is 3.16. The molecule has 4 rings (SSSR count). The number of rotatable bonds is 7. The largest absolute Gasteiger partial charge is 1.00 e. The molecule has 0 atom stereocenters. The van der Waals surface area contributed by atoms with Gasteiger partial charge in [0, 0.05) is 35.1 Å². The van der Waals surface area contributed by atoms with Gasteiger partial charge in [-0.2, -0.15) is 0 Å². The number of hydrogen-bond donors (Lipinski definition) is 1. The monoisotopic (exact) mass is 478 g/mol. The Kier molecular flexibility index (Phi) is 7.63.